The number of benzene rings is 1. The maximum absolute atomic E-state index is 12.0. The Morgan fingerprint density at radius 2 is 2.19 bits per heavy atom. The van der Waals surface area contributed by atoms with E-state index in [1.807, 2.05) is 19.1 Å². The Bertz CT molecular complexity index is 631. The van der Waals surface area contributed by atoms with Crippen molar-refractivity contribution in [2.24, 2.45) is 0 Å². The fourth-order valence-corrected chi connectivity index (χ4v) is 2.87. The molecule has 0 aromatic heterocycles. The number of carbonyl (C=O) groups excluding carboxylic acids is 1. The third-order valence-corrected chi connectivity index (χ3v) is 4.11. The molecule has 1 aromatic rings. The van der Waals surface area contributed by atoms with Crippen molar-refractivity contribution in [1.82, 2.24) is 10.2 Å². The van der Waals surface area contributed by atoms with Crippen molar-refractivity contribution in [3.63, 3.8) is 0 Å². The van der Waals surface area contributed by atoms with Gasteiger partial charge in [-0.15, -0.1) is 0 Å². The Hall–Kier alpha value is -1.35. The molecule has 7 heteroatoms. The van der Waals surface area contributed by atoms with Crippen LogP contribution in [0.15, 0.2) is 17.8 Å². The second-order valence-corrected chi connectivity index (χ2v) is 5.87. The zero-order valence-corrected chi connectivity index (χ0v) is 14.9. The van der Waals surface area contributed by atoms with Gasteiger partial charge < -0.3 is 14.8 Å². The third-order valence-electron chi connectivity index (χ3n) is 2.93. The summed E-state index contributed by atoms with van der Waals surface area (Å²) < 4.78 is 11.8. The highest BCUT2D eigenvalue weighted by atomic mass is 127. The molecule has 0 spiro atoms. The number of nitrogens with one attached hydrogen (secondary N) is 1. The normalized spacial score (nSPS) is 16.4. The number of hydrogen-bond donors (Lipinski definition) is 1. The molecule has 0 atom stereocenters. The van der Waals surface area contributed by atoms with Gasteiger partial charge in [0.15, 0.2) is 16.6 Å². The summed E-state index contributed by atoms with van der Waals surface area (Å²) in [6, 6.07) is 3.76. The topological polar surface area (TPSA) is 50.8 Å². The van der Waals surface area contributed by atoms with Crippen LogP contribution in [0.5, 0.6) is 11.5 Å². The van der Waals surface area contributed by atoms with Gasteiger partial charge in [-0.1, -0.05) is 0 Å². The van der Waals surface area contributed by atoms with Crippen molar-refractivity contribution in [3.05, 3.63) is 27.0 Å². The molecular weight excluding hydrogens is 403 g/mol. The number of nitrogens with zero attached hydrogens (tertiary/aromatic N) is 1. The molecule has 2 rings (SSSR count). The van der Waals surface area contributed by atoms with Crippen LogP contribution in [0.25, 0.3) is 6.08 Å². The van der Waals surface area contributed by atoms with E-state index < -0.39 is 0 Å². The predicted molar refractivity (Wildman–Crippen MR) is 93.4 cm³/mol. The number of amides is 1. The summed E-state index contributed by atoms with van der Waals surface area (Å²) in [6.45, 7) is 2.48. The van der Waals surface area contributed by atoms with Gasteiger partial charge in [0.05, 0.1) is 17.3 Å². The van der Waals surface area contributed by atoms with Crippen LogP contribution in [0.4, 0.5) is 0 Å². The smallest absolute Gasteiger partial charge is 0.276 e. The van der Waals surface area contributed by atoms with Crippen LogP contribution in [0.2, 0.25) is 0 Å². The molecule has 0 unspecified atom stereocenters. The Morgan fingerprint density at radius 3 is 2.71 bits per heavy atom. The molecule has 1 aromatic carbocycles. The lowest BCUT2D eigenvalue weighted by Crippen LogP contribution is -2.25. The van der Waals surface area contributed by atoms with Crippen molar-refractivity contribution in [2.45, 2.75) is 6.92 Å². The Labute approximate surface area is 142 Å². The molecule has 5 nitrogen and oxygen atoms in total. The molecule has 1 N–H and O–H groups in total. The molecule has 21 heavy (non-hydrogen) atoms. The van der Waals surface area contributed by atoms with Crippen LogP contribution in [-0.4, -0.2) is 36.7 Å². The summed E-state index contributed by atoms with van der Waals surface area (Å²) in [5, 5.41) is 3.29. The first kappa shape index (κ1) is 16.0. The quantitative estimate of drug-likeness (QED) is 0.463. The summed E-state index contributed by atoms with van der Waals surface area (Å²) in [6.07, 6.45) is 1.75. The van der Waals surface area contributed by atoms with E-state index in [0.29, 0.717) is 28.9 Å². The number of rotatable bonds is 4. The van der Waals surface area contributed by atoms with E-state index in [-0.39, 0.29) is 5.91 Å². The maximum Gasteiger partial charge on any atom is 0.276 e. The molecular formula is C14H15IN2O3S. The van der Waals surface area contributed by atoms with Gasteiger partial charge in [-0.2, -0.15) is 0 Å². The number of hydrogen-bond acceptors (Lipinski definition) is 4. The number of carbonyl (C=O) groups is 1. The number of methoxy groups -OCH3 is 1. The number of thiocarbonyl (C=S) groups is 1. The fourth-order valence-electron chi connectivity index (χ4n) is 1.90. The summed E-state index contributed by atoms with van der Waals surface area (Å²) >= 11 is 7.23. The second-order valence-electron chi connectivity index (χ2n) is 4.32. The second kappa shape index (κ2) is 6.61. The summed E-state index contributed by atoms with van der Waals surface area (Å²) in [4.78, 5) is 13.4. The van der Waals surface area contributed by atoms with Crippen molar-refractivity contribution < 1.29 is 14.3 Å². The lowest BCUT2D eigenvalue weighted by molar-refractivity contribution is -0.121. The SMILES string of the molecule is CCOc1c(I)cc(/C=C2\NC(=S)N(C)C2=O)cc1OC. The van der Waals surface area contributed by atoms with Crippen molar-refractivity contribution in [2.75, 3.05) is 20.8 Å². The van der Waals surface area contributed by atoms with Gasteiger partial charge in [-0.25, -0.2) is 0 Å². The van der Waals surface area contributed by atoms with Crippen LogP contribution in [0.3, 0.4) is 0 Å². The lowest BCUT2D eigenvalue weighted by atomic mass is 10.1. The number of halogens is 1. The van der Waals surface area contributed by atoms with Gasteiger partial charge in [0.2, 0.25) is 0 Å². The average molecular weight is 418 g/mol. The van der Waals surface area contributed by atoms with Crippen LogP contribution in [0.1, 0.15) is 12.5 Å². The molecule has 1 heterocycles. The minimum atomic E-state index is -0.150. The standard InChI is InChI=1S/C14H15IN2O3S/c1-4-20-12-9(15)5-8(7-11(12)19-3)6-10-13(18)17(2)14(21)16-10/h5-7H,4H2,1-3H3,(H,16,21)/b10-6-. The molecule has 1 amide bonds. The third kappa shape index (κ3) is 3.29. The van der Waals surface area contributed by atoms with Crippen LogP contribution < -0.4 is 14.8 Å². The monoisotopic (exact) mass is 418 g/mol. The summed E-state index contributed by atoms with van der Waals surface area (Å²) in [7, 11) is 3.23. The molecule has 0 radical (unpaired) electrons. The van der Waals surface area contributed by atoms with E-state index in [9.17, 15) is 4.79 Å². The molecule has 0 aliphatic carbocycles. The van der Waals surface area contributed by atoms with E-state index >= 15 is 0 Å². The van der Waals surface area contributed by atoms with E-state index in [2.05, 4.69) is 27.9 Å². The van der Waals surface area contributed by atoms with Gasteiger partial charge in [0.1, 0.15) is 5.70 Å². The highest BCUT2D eigenvalue weighted by molar-refractivity contribution is 14.1. The predicted octanol–water partition coefficient (Wildman–Crippen LogP) is 2.39. The van der Waals surface area contributed by atoms with Gasteiger partial charge >= 0.3 is 0 Å². The van der Waals surface area contributed by atoms with Crippen LogP contribution in [0, 0.1) is 3.57 Å². The zero-order chi connectivity index (χ0) is 15.6. The molecule has 0 saturated carbocycles. The first-order valence-electron chi connectivity index (χ1n) is 6.29. The number of ether oxygens (including phenoxy) is 2. The Kier molecular flexibility index (Phi) is 5.04. The summed E-state index contributed by atoms with van der Waals surface area (Å²) in [5.74, 6) is 1.20. The first-order chi connectivity index (χ1) is 9.97. The largest absolute Gasteiger partial charge is 0.493 e. The lowest BCUT2D eigenvalue weighted by Gasteiger charge is -2.12. The van der Waals surface area contributed by atoms with Crippen molar-refractivity contribution in [3.8, 4) is 11.5 Å². The maximum atomic E-state index is 12.0. The summed E-state index contributed by atoms with van der Waals surface area (Å²) in [5.41, 5.74) is 1.29. The molecule has 1 fully saturated rings. The Morgan fingerprint density at radius 1 is 1.48 bits per heavy atom. The van der Waals surface area contributed by atoms with Crippen molar-refractivity contribution >= 4 is 51.9 Å². The van der Waals surface area contributed by atoms with Gasteiger partial charge in [-0.3, -0.25) is 9.69 Å². The molecule has 112 valence electrons. The van der Waals surface area contributed by atoms with E-state index in [1.54, 1.807) is 20.2 Å². The highest BCUT2D eigenvalue weighted by Crippen LogP contribution is 2.34. The number of likely N-dealkylation sites (N-methyl/N-ethyl adjacent to an activating group) is 1. The van der Waals surface area contributed by atoms with Gasteiger partial charge in [0.25, 0.3) is 5.91 Å². The van der Waals surface area contributed by atoms with E-state index in [0.717, 1.165) is 9.13 Å². The minimum Gasteiger partial charge on any atom is -0.493 e. The van der Waals surface area contributed by atoms with Gasteiger partial charge in [-0.05, 0) is 65.5 Å². The molecule has 1 saturated heterocycles. The fraction of sp³-hybridized carbons (Fsp3) is 0.286. The van der Waals surface area contributed by atoms with Crippen LogP contribution >= 0.6 is 34.8 Å². The average Bonchev–Trinajstić information content (AvgIpc) is 2.69. The first-order valence-corrected chi connectivity index (χ1v) is 7.77. The molecule has 0 bridgehead atoms. The highest BCUT2D eigenvalue weighted by Gasteiger charge is 2.27. The van der Waals surface area contributed by atoms with Gasteiger partial charge in [0, 0.05) is 7.05 Å². The van der Waals surface area contributed by atoms with E-state index in [4.69, 9.17) is 21.7 Å². The zero-order valence-electron chi connectivity index (χ0n) is 11.9. The van der Waals surface area contributed by atoms with Crippen molar-refractivity contribution in [1.29, 1.82) is 0 Å². The molecule has 1 aliphatic rings. The Balaban J connectivity index is 2.40. The minimum absolute atomic E-state index is 0.150. The van der Waals surface area contributed by atoms with E-state index in [1.165, 1.54) is 4.90 Å². The van der Waals surface area contributed by atoms with Crippen LogP contribution in [-0.2, 0) is 4.79 Å². The molecule has 1 aliphatic heterocycles.